The van der Waals surface area contributed by atoms with Gasteiger partial charge in [0, 0.05) is 12.1 Å². The number of benzene rings is 1. The molecule has 0 spiro atoms. The molecule has 1 aromatic carbocycles. The van der Waals surface area contributed by atoms with Crippen LogP contribution in [0.5, 0.6) is 0 Å². The normalized spacial score (nSPS) is 20.1. The number of carbonyl (C=O) groups is 3. The monoisotopic (exact) mass is 373 g/mol. The Morgan fingerprint density at radius 3 is 2.48 bits per heavy atom. The Hall–Kier alpha value is -3.29. The number of allylic oxidation sites excluding steroid dienone is 3. The van der Waals surface area contributed by atoms with Crippen molar-refractivity contribution in [2.24, 2.45) is 5.41 Å². The molecule has 0 radical (unpaired) electrons. The van der Waals surface area contributed by atoms with Crippen LogP contribution < -0.4 is 0 Å². The van der Waals surface area contributed by atoms with Gasteiger partial charge in [0.2, 0.25) is 0 Å². The average Bonchev–Trinajstić information content (AvgIpc) is 2.66. The van der Waals surface area contributed by atoms with Crippen molar-refractivity contribution in [3.05, 3.63) is 63.9 Å². The smallest absolute Gasteiger partial charge is 0.342 e. The van der Waals surface area contributed by atoms with E-state index in [0.717, 1.165) is 0 Å². The maximum Gasteiger partial charge on any atom is 0.342 e. The van der Waals surface area contributed by atoms with Crippen LogP contribution in [-0.4, -0.2) is 29.3 Å². The van der Waals surface area contributed by atoms with Crippen molar-refractivity contribution in [2.75, 3.05) is 6.61 Å². The topological polar surface area (TPSA) is 113 Å². The summed E-state index contributed by atoms with van der Waals surface area (Å²) in [4.78, 5) is 46.5. The lowest BCUT2D eigenvalue weighted by atomic mass is 9.72. The average molecular weight is 373 g/mol. The van der Waals surface area contributed by atoms with E-state index in [9.17, 15) is 24.5 Å². The predicted molar refractivity (Wildman–Crippen MR) is 94.7 cm³/mol. The van der Waals surface area contributed by atoms with Crippen molar-refractivity contribution in [2.45, 2.75) is 26.7 Å². The molecule has 0 aliphatic heterocycles. The van der Waals surface area contributed by atoms with E-state index < -0.39 is 22.3 Å². The van der Waals surface area contributed by atoms with Crippen molar-refractivity contribution in [3.63, 3.8) is 0 Å². The molecule has 1 aromatic rings. The largest absolute Gasteiger partial charge is 0.465 e. The molecule has 0 aromatic heterocycles. The minimum absolute atomic E-state index is 0.0607. The number of ether oxygens (including phenoxy) is 2. The summed E-state index contributed by atoms with van der Waals surface area (Å²) in [6, 6.07) is 4.97. The zero-order chi connectivity index (χ0) is 20.0. The van der Waals surface area contributed by atoms with Crippen LogP contribution in [0.25, 0.3) is 0 Å². The fraction of sp³-hybridized carbons (Fsp3) is 0.316. The number of nitro groups is 1. The summed E-state index contributed by atoms with van der Waals surface area (Å²) in [5.74, 6) is -1.63. The molecular formula is C19H19NO7. The van der Waals surface area contributed by atoms with Gasteiger partial charge in [-0.1, -0.05) is 12.2 Å². The van der Waals surface area contributed by atoms with E-state index in [2.05, 4.69) is 0 Å². The van der Waals surface area contributed by atoms with Crippen molar-refractivity contribution in [1.29, 1.82) is 0 Å². The Labute approximate surface area is 155 Å². The standard InChI is InChI=1S/C19H19NO7/c1-3-26-18(23)19(13(2)21)10-4-5-14(11-19)12-27-17(22)15-6-8-16(9-7-15)20(24)25/h4-9,12H,3,10-11H2,1-2H3/b14-12+. The van der Waals surface area contributed by atoms with Gasteiger partial charge in [0.25, 0.3) is 5.69 Å². The van der Waals surface area contributed by atoms with Gasteiger partial charge in [-0.2, -0.15) is 0 Å². The number of Topliss-reactive ketones (excluding diaryl/α,β-unsaturated/α-hetero) is 1. The fourth-order valence-electron chi connectivity index (χ4n) is 2.73. The van der Waals surface area contributed by atoms with E-state index in [1.165, 1.54) is 37.5 Å². The molecule has 8 nitrogen and oxygen atoms in total. The number of hydrogen-bond acceptors (Lipinski definition) is 7. The molecule has 1 aliphatic carbocycles. The molecule has 8 heteroatoms. The third kappa shape index (κ3) is 4.46. The van der Waals surface area contributed by atoms with Crippen molar-refractivity contribution in [1.82, 2.24) is 0 Å². The van der Waals surface area contributed by atoms with Gasteiger partial charge in [-0.3, -0.25) is 19.7 Å². The summed E-state index contributed by atoms with van der Waals surface area (Å²) in [7, 11) is 0. The Balaban J connectivity index is 2.14. The highest BCUT2D eigenvalue weighted by Gasteiger charge is 2.45. The zero-order valence-electron chi connectivity index (χ0n) is 15.0. The highest BCUT2D eigenvalue weighted by atomic mass is 16.6. The van der Waals surface area contributed by atoms with Gasteiger partial charge in [-0.15, -0.1) is 0 Å². The van der Waals surface area contributed by atoms with Crippen LogP contribution in [0.3, 0.4) is 0 Å². The molecule has 142 valence electrons. The van der Waals surface area contributed by atoms with Crippen LogP contribution >= 0.6 is 0 Å². The van der Waals surface area contributed by atoms with Crippen molar-refractivity contribution < 1.29 is 28.8 Å². The second-order valence-corrected chi connectivity index (χ2v) is 6.04. The highest BCUT2D eigenvalue weighted by Crippen LogP contribution is 2.37. The fourth-order valence-corrected chi connectivity index (χ4v) is 2.73. The first-order valence-corrected chi connectivity index (χ1v) is 8.29. The van der Waals surface area contributed by atoms with Crippen LogP contribution in [0.15, 0.2) is 48.3 Å². The summed E-state index contributed by atoms with van der Waals surface area (Å²) in [6.45, 7) is 3.15. The molecular weight excluding hydrogens is 354 g/mol. The van der Waals surface area contributed by atoms with Gasteiger partial charge >= 0.3 is 11.9 Å². The number of nitro benzene ring substituents is 1. The van der Waals surface area contributed by atoms with Crippen LogP contribution in [0.1, 0.15) is 37.0 Å². The van der Waals surface area contributed by atoms with Gasteiger partial charge in [-0.05, 0) is 44.4 Å². The maximum absolute atomic E-state index is 12.3. The van der Waals surface area contributed by atoms with Crippen LogP contribution in [0.2, 0.25) is 0 Å². The molecule has 2 rings (SSSR count). The molecule has 27 heavy (non-hydrogen) atoms. The number of hydrogen-bond donors (Lipinski definition) is 0. The van der Waals surface area contributed by atoms with Crippen LogP contribution in [-0.2, 0) is 19.1 Å². The van der Waals surface area contributed by atoms with Gasteiger partial charge in [0.15, 0.2) is 0 Å². The first-order valence-electron chi connectivity index (χ1n) is 8.29. The van der Waals surface area contributed by atoms with Crippen molar-refractivity contribution in [3.8, 4) is 0 Å². The Bertz CT molecular complexity index is 823. The van der Waals surface area contributed by atoms with Crippen molar-refractivity contribution >= 4 is 23.4 Å². The lowest BCUT2D eigenvalue weighted by Gasteiger charge is -2.30. The first kappa shape index (κ1) is 20.0. The predicted octanol–water partition coefficient (Wildman–Crippen LogP) is 3.12. The number of carbonyl (C=O) groups excluding carboxylic acids is 3. The molecule has 0 heterocycles. The summed E-state index contributed by atoms with van der Waals surface area (Å²) >= 11 is 0. The molecule has 0 saturated carbocycles. The molecule has 1 atom stereocenters. The second-order valence-electron chi connectivity index (χ2n) is 6.04. The number of nitrogens with zero attached hydrogens (tertiary/aromatic N) is 1. The minimum Gasteiger partial charge on any atom is -0.465 e. The number of rotatable bonds is 6. The first-order chi connectivity index (χ1) is 12.8. The molecule has 0 N–H and O–H groups in total. The molecule has 1 unspecified atom stereocenters. The van der Waals surface area contributed by atoms with Gasteiger partial charge in [-0.25, -0.2) is 4.79 Å². The molecule has 0 bridgehead atoms. The number of esters is 2. The number of ketones is 1. The minimum atomic E-state index is -1.32. The van der Waals surface area contributed by atoms with E-state index >= 15 is 0 Å². The molecule has 0 amide bonds. The highest BCUT2D eigenvalue weighted by molar-refractivity contribution is 6.03. The van der Waals surface area contributed by atoms with E-state index in [4.69, 9.17) is 9.47 Å². The lowest BCUT2D eigenvalue weighted by molar-refractivity contribution is -0.384. The third-order valence-electron chi connectivity index (χ3n) is 4.28. The third-order valence-corrected chi connectivity index (χ3v) is 4.28. The van der Waals surface area contributed by atoms with E-state index in [0.29, 0.717) is 5.57 Å². The quantitative estimate of drug-likeness (QED) is 0.247. The number of non-ortho nitro benzene ring substituents is 1. The molecule has 0 fully saturated rings. The second kappa shape index (κ2) is 8.39. The Kier molecular flexibility index (Phi) is 6.23. The maximum atomic E-state index is 12.3. The summed E-state index contributed by atoms with van der Waals surface area (Å²) < 4.78 is 10.1. The van der Waals surface area contributed by atoms with E-state index in [1.807, 2.05) is 0 Å². The Morgan fingerprint density at radius 2 is 1.93 bits per heavy atom. The van der Waals surface area contributed by atoms with E-state index in [1.54, 1.807) is 19.1 Å². The SMILES string of the molecule is CCOC(=O)C1(C(C)=O)CC=C/C(=C\OC(=O)c2ccc([N+](=O)[O-])cc2)C1. The van der Waals surface area contributed by atoms with Crippen LogP contribution in [0.4, 0.5) is 5.69 Å². The molecule has 1 aliphatic rings. The summed E-state index contributed by atoms with van der Waals surface area (Å²) in [5.41, 5.74) is -0.836. The zero-order valence-corrected chi connectivity index (χ0v) is 15.0. The Morgan fingerprint density at radius 1 is 1.26 bits per heavy atom. The van der Waals surface area contributed by atoms with Gasteiger partial charge in [0.1, 0.15) is 11.2 Å². The van der Waals surface area contributed by atoms with Gasteiger partial charge in [0.05, 0.1) is 23.4 Å². The molecule has 0 saturated heterocycles. The van der Waals surface area contributed by atoms with Crippen LogP contribution in [0, 0.1) is 15.5 Å². The van der Waals surface area contributed by atoms with E-state index in [-0.39, 0.29) is 36.5 Å². The summed E-state index contributed by atoms with van der Waals surface area (Å²) in [5, 5.41) is 10.6. The summed E-state index contributed by atoms with van der Waals surface area (Å²) in [6.07, 6.45) is 4.78. The lowest BCUT2D eigenvalue weighted by Crippen LogP contribution is -2.40. The van der Waals surface area contributed by atoms with Gasteiger partial charge < -0.3 is 9.47 Å².